The van der Waals surface area contributed by atoms with Gasteiger partial charge in [-0.15, -0.1) is 0 Å². The van der Waals surface area contributed by atoms with Crippen LogP contribution in [0.3, 0.4) is 0 Å². The molecule has 1 atom stereocenters. The molecule has 0 bridgehead atoms. The Bertz CT molecular complexity index is 1580. The van der Waals surface area contributed by atoms with Crippen LogP contribution in [0, 0.1) is 5.92 Å². The number of esters is 1. The Morgan fingerprint density at radius 3 is 2.10 bits per heavy atom. The van der Waals surface area contributed by atoms with Gasteiger partial charge in [-0.25, -0.2) is 9.59 Å². The van der Waals surface area contributed by atoms with Crippen LogP contribution >= 0.6 is 0 Å². The summed E-state index contributed by atoms with van der Waals surface area (Å²) >= 11 is 0. The molecule has 3 N–H and O–H groups in total. The molecule has 11 heteroatoms. The number of nitrogens with one attached hydrogen (secondary N) is 2. The number of fused-ring (bicyclic) bond motifs is 3. The molecule has 1 fully saturated rings. The molecule has 11 nitrogen and oxygen atoms in total. The number of ether oxygens (including phenoxy) is 3. The van der Waals surface area contributed by atoms with Crippen molar-refractivity contribution in [1.82, 2.24) is 15.5 Å². The highest BCUT2D eigenvalue weighted by Gasteiger charge is 2.30. The number of amides is 2. The summed E-state index contributed by atoms with van der Waals surface area (Å²) in [5, 5.41) is 15.2. The van der Waals surface area contributed by atoms with Crippen molar-refractivity contribution in [3.05, 3.63) is 89.5 Å². The van der Waals surface area contributed by atoms with Crippen molar-refractivity contribution in [2.24, 2.45) is 5.92 Å². The summed E-state index contributed by atoms with van der Waals surface area (Å²) < 4.78 is 16.7. The zero-order valence-corrected chi connectivity index (χ0v) is 28.3. The van der Waals surface area contributed by atoms with E-state index in [4.69, 9.17) is 14.2 Å². The third kappa shape index (κ3) is 9.82. The van der Waals surface area contributed by atoms with Gasteiger partial charge >= 0.3 is 18.0 Å². The topological polar surface area (TPSA) is 144 Å². The van der Waals surface area contributed by atoms with E-state index < -0.39 is 23.7 Å². The van der Waals surface area contributed by atoms with Crippen molar-refractivity contribution in [3.8, 4) is 16.9 Å². The molecular weight excluding hydrogens is 626 g/mol. The highest BCUT2D eigenvalue weighted by molar-refractivity contribution is 5.81. The zero-order chi connectivity index (χ0) is 35.0. The number of piperidine rings is 1. The molecule has 5 rings (SSSR count). The van der Waals surface area contributed by atoms with Crippen molar-refractivity contribution in [2.45, 2.75) is 57.6 Å². The lowest BCUT2D eigenvalue weighted by Crippen LogP contribution is -2.43. The fourth-order valence-corrected chi connectivity index (χ4v) is 6.34. The van der Waals surface area contributed by atoms with Gasteiger partial charge in [0.15, 0.2) is 0 Å². The second-order valence-electron chi connectivity index (χ2n) is 13.5. The van der Waals surface area contributed by atoms with Crippen LogP contribution in [0.1, 0.15) is 56.2 Å². The van der Waals surface area contributed by atoms with Crippen molar-refractivity contribution >= 4 is 23.9 Å². The molecule has 0 radical (unpaired) electrons. The monoisotopic (exact) mass is 671 g/mol. The second-order valence-corrected chi connectivity index (χ2v) is 13.5. The molecule has 2 amide bonds. The van der Waals surface area contributed by atoms with Crippen molar-refractivity contribution in [2.75, 3.05) is 39.4 Å². The molecule has 3 aromatic carbocycles. The number of nitrogens with zero attached hydrogens (tertiary/aromatic N) is 1. The van der Waals surface area contributed by atoms with Gasteiger partial charge in [0.25, 0.3) is 0 Å². The number of carbonyl (C=O) groups is 4. The maximum Gasteiger partial charge on any atom is 0.407 e. The van der Waals surface area contributed by atoms with E-state index in [2.05, 4.69) is 10.6 Å². The maximum atomic E-state index is 12.7. The lowest BCUT2D eigenvalue weighted by Gasteiger charge is -2.31. The largest absolute Gasteiger partial charge is 0.492 e. The summed E-state index contributed by atoms with van der Waals surface area (Å²) in [6.07, 6.45) is 0.615. The van der Waals surface area contributed by atoms with Gasteiger partial charge in [-0.2, -0.15) is 0 Å². The van der Waals surface area contributed by atoms with Crippen molar-refractivity contribution in [3.63, 3.8) is 0 Å². The fourth-order valence-electron chi connectivity index (χ4n) is 6.34. The predicted molar refractivity (Wildman–Crippen MR) is 183 cm³/mol. The standard InChI is InChI=1S/C38H45N3O8/c1-38(2,3)49-34(42)23-41-19-16-26(17-20-41)35(43)39-18-21-47-27-14-12-25(13-15-27)22-33(36(44)45)40-37(46)48-24-32-30-10-6-4-8-28(30)29-9-5-7-11-31(29)32/h4-15,26,32-33H,16-24H2,1-3H3,(H,39,43)(H,40,46)(H,44,45)/t33-/m0/s1. The summed E-state index contributed by atoms with van der Waals surface area (Å²) in [5.41, 5.74) is 4.55. The first-order chi connectivity index (χ1) is 23.5. The van der Waals surface area contributed by atoms with Gasteiger partial charge in [-0.3, -0.25) is 14.5 Å². The van der Waals surface area contributed by atoms with E-state index in [0.717, 1.165) is 22.3 Å². The van der Waals surface area contributed by atoms with Gasteiger partial charge in [0, 0.05) is 18.3 Å². The third-order valence-electron chi connectivity index (χ3n) is 8.70. The Labute approximate surface area is 286 Å². The zero-order valence-electron chi connectivity index (χ0n) is 28.3. The fraction of sp³-hybridized carbons (Fsp3) is 0.421. The minimum Gasteiger partial charge on any atom is -0.492 e. The molecule has 2 aliphatic rings. The van der Waals surface area contributed by atoms with Crippen LogP contribution in [0.5, 0.6) is 5.75 Å². The molecule has 1 saturated heterocycles. The minimum atomic E-state index is -1.18. The van der Waals surface area contributed by atoms with Gasteiger partial charge in [-0.05, 0) is 86.7 Å². The first-order valence-corrected chi connectivity index (χ1v) is 16.7. The van der Waals surface area contributed by atoms with Crippen molar-refractivity contribution < 1.29 is 38.5 Å². The Hall–Kier alpha value is -4.90. The van der Waals surface area contributed by atoms with Gasteiger partial charge in [0.1, 0.15) is 30.6 Å². The minimum absolute atomic E-state index is 0.0283. The summed E-state index contributed by atoms with van der Waals surface area (Å²) in [4.78, 5) is 51.4. The van der Waals surface area contributed by atoms with Crippen LogP contribution < -0.4 is 15.4 Å². The Morgan fingerprint density at radius 2 is 1.51 bits per heavy atom. The quantitative estimate of drug-likeness (QED) is 0.173. The van der Waals surface area contributed by atoms with E-state index in [1.54, 1.807) is 24.3 Å². The first kappa shape index (κ1) is 35.4. The Balaban J connectivity index is 1.01. The van der Waals surface area contributed by atoms with Gasteiger partial charge in [0.05, 0.1) is 13.1 Å². The number of carboxylic acids is 1. The number of alkyl carbamates (subject to hydrolysis) is 1. The number of aliphatic carboxylic acids is 1. The SMILES string of the molecule is CC(C)(C)OC(=O)CN1CCC(C(=O)NCCOc2ccc(C[C@H](NC(=O)OCC3c4ccccc4-c4ccccc43)C(=O)O)cc2)CC1. The molecule has 1 aliphatic carbocycles. The number of hydrogen-bond donors (Lipinski definition) is 3. The van der Waals surface area contributed by atoms with Gasteiger partial charge in [-0.1, -0.05) is 60.7 Å². The molecule has 1 heterocycles. The van der Waals surface area contributed by atoms with Crippen LogP contribution in [0.4, 0.5) is 4.79 Å². The van der Waals surface area contributed by atoms with E-state index in [1.807, 2.05) is 74.2 Å². The van der Waals surface area contributed by atoms with E-state index in [1.165, 1.54) is 0 Å². The molecule has 0 spiro atoms. The normalized spacial score (nSPS) is 15.4. The second kappa shape index (κ2) is 16.0. The number of likely N-dealkylation sites (tertiary alicyclic amines) is 1. The van der Waals surface area contributed by atoms with Crippen LogP contribution in [0.15, 0.2) is 72.8 Å². The molecule has 0 unspecified atom stereocenters. The van der Waals surface area contributed by atoms with Gasteiger partial charge < -0.3 is 30.0 Å². The molecule has 0 aromatic heterocycles. The lowest BCUT2D eigenvalue weighted by molar-refractivity contribution is -0.156. The van der Waals surface area contributed by atoms with E-state index in [9.17, 15) is 24.3 Å². The van der Waals surface area contributed by atoms with Gasteiger partial charge in [0.2, 0.25) is 5.91 Å². The summed E-state index contributed by atoms with van der Waals surface area (Å²) in [7, 11) is 0. The highest BCUT2D eigenvalue weighted by atomic mass is 16.6. The molecular formula is C38H45N3O8. The Kier molecular flexibility index (Phi) is 11.6. The number of carbonyl (C=O) groups excluding carboxylic acids is 3. The maximum absolute atomic E-state index is 12.7. The average molecular weight is 672 g/mol. The van der Waals surface area contributed by atoms with E-state index in [0.29, 0.717) is 43.8 Å². The third-order valence-corrected chi connectivity index (χ3v) is 8.70. The van der Waals surface area contributed by atoms with Crippen LogP contribution in [0.25, 0.3) is 11.1 Å². The summed E-state index contributed by atoms with van der Waals surface area (Å²) in [6.45, 7) is 7.76. The van der Waals surface area contributed by atoms with Crippen molar-refractivity contribution in [1.29, 1.82) is 0 Å². The van der Waals surface area contributed by atoms with E-state index >= 15 is 0 Å². The molecule has 3 aromatic rings. The highest BCUT2D eigenvalue weighted by Crippen LogP contribution is 2.44. The molecule has 0 saturated carbocycles. The summed E-state index contributed by atoms with van der Waals surface area (Å²) in [6, 6.07) is 21.8. The average Bonchev–Trinajstić information content (AvgIpc) is 3.39. The number of rotatable bonds is 13. The summed E-state index contributed by atoms with van der Waals surface area (Å²) in [5.74, 6) is -1.12. The smallest absolute Gasteiger partial charge is 0.407 e. The predicted octanol–water partition coefficient (Wildman–Crippen LogP) is 4.77. The van der Waals surface area contributed by atoms with Crippen LogP contribution in [0.2, 0.25) is 0 Å². The Morgan fingerprint density at radius 1 is 0.898 bits per heavy atom. The number of hydrogen-bond acceptors (Lipinski definition) is 8. The first-order valence-electron chi connectivity index (χ1n) is 16.7. The molecule has 260 valence electrons. The van der Waals surface area contributed by atoms with Crippen LogP contribution in [-0.4, -0.2) is 85.0 Å². The molecule has 1 aliphatic heterocycles. The lowest BCUT2D eigenvalue weighted by atomic mass is 9.96. The number of carboxylic acid groups (broad SMARTS) is 1. The molecule has 49 heavy (non-hydrogen) atoms. The number of benzene rings is 3. The van der Waals surface area contributed by atoms with E-state index in [-0.39, 0.29) is 49.9 Å². The van der Waals surface area contributed by atoms with Crippen LogP contribution in [-0.2, 0) is 30.3 Å².